The summed E-state index contributed by atoms with van der Waals surface area (Å²) in [6.07, 6.45) is 6.11. The van der Waals surface area contributed by atoms with Gasteiger partial charge in [-0.1, -0.05) is 18.2 Å². The SMILES string of the molecule is COCCn1cc(CCNC2CC2)c2ccccc21. The zero-order valence-electron chi connectivity index (χ0n) is 11.6. The van der Waals surface area contributed by atoms with Gasteiger partial charge in [0.2, 0.25) is 0 Å². The van der Waals surface area contributed by atoms with E-state index in [4.69, 9.17) is 4.74 Å². The highest BCUT2D eigenvalue weighted by Gasteiger charge is 2.19. The number of ether oxygens (including phenoxy) is 1. The first kappa shape index (κ1) is 12.7. The van der Waals surface area contributed by atoms with Gasteiger partial charge in [0.05, 0.1) is 6.61 Å². The van der Waals surface area contributed by atoms with Crippen LogP contribution in [0.4, 0.5) is 0 Å². The maximum atomic E-state index is 5.19. The number of rotatable bonds is 7. The van der Waals surface area contributed by atoms with E-state index in [9.17, 15) is 0 Å². The molecule has 1 N–H and O–H groups in total. The summed E-state index contributed by atoms with van der Waals surface area (Å²) in [5, 5.41) is 4.97. The average Bonchev–Trinajstić information content (AvgIpc) is 3.19. The van der Waals surface area contributed by atoms with E-state index in [0.717, 1.165) is 32.2 Å². The molecular formula is C16H22N2O. The maximum Gasteiger partial charge on any atom is 0.0641 e. The van der Waals surface area contributed by atoms with Gasteiger partial charge in [-0.25, -0.2) is 0 Å². The van der Waals surface area contributed by atoms with Crippen LogP contribution in [0.25, 0.3) is 10.9 Å². The predicted octanol–water partition coefficient (Wildman–Crippen LogP) is 2.58. The molecule has 0 radical (unpaired) electrons. The van der Waals surface area contributed by atoms with Crippen molar-refractivity contribution >= 4 is 10.9 Å². The van der Waals surface area contributed by atoms with Crippen LogP contribution in [0.2, 0.25) is 0 Å². The van der Waals surface area contributed by atoms with Gasteiger partial charge in [0.1, 0.15) is 0 Å². The van der Waals surface area contributed by atoms with Crippen molar-refractivity contribution < 1.29 is 4.74 Å². The minimum Gasteiger partial charge on any atom is -0.383 e. The Balaban J connectivity index is 1.77. The average molecular weight is 258 g/mol. The van der Waals surface area contributed by atoms with E-state index in [0.29, 0.717) is 0 Å². The topological polar surface area (TPSA) is 26.2 Å². The minimum absolute atomic E-state index is 0.762. The molecule has 19 heavy (non-hydrogen) atoms. The fourth-order valence-electron chi connectivity index (χ4n) is 2.60. The monoisotopic (exact) mass is 258 g/mol. The largest absolute Gasteiger partial charge is 0.383 e. The van der Waals surface area contributed by atoms with Gasteiger partial charge in [-0.2, -0.15) is 0 Å². The van der Waals surface area contributed by atoms with Crippen molar-refractivity contribution in [2.45, 2.75) is 31.8 Å². The molecule has 2 aromatic rings. The molecule has 1 aromatic carbocycles. The van der Waals surface area contributed by atoms with Crippen LogP contribution in [0.5, 0.6) is 0 Å². The molecular weight excluding hydrogens is 236 g/mol. The Kier molecular flexibility index (Phi) is 3.85. The van der Waals surface area contributed by atoms with E-state index >= 15 is 0 Å². The van der Waals surface area contributed by atoms with E-state index < -0.39 is 0 Å². The zero-order chi connectivity index (χ0) is 13.1. The third-order valence-electron chi connectivity index (χ3n) is 3.81. The molecule has 0 unspecified atom stereocenters. The van der Waals surface area contributed by atoms with Crippen LogP contribution in [0.15, 0.2) is 30.5 Å². The van der Waals surface area contributed by atoms with Gasteiger partial charge in [0, 0.05) is 36.8 Å². The lowest BCUT2D eigenvalue weighted by Crippen LogP contribution is -2.19. The predicted molar refractivity (Wildman–Crippen MR) is 78.5 cm³/mol. The van der Waals surface area contributed by atoms with Crippen molar-refractivity contribution in [2.24, 2.45) is 0 Å². The molecule has 102 valence electrons. The summed E-state index contributed by atoms with van der Waals surface area (Å²) < 4.78 is 7.50. The summed E-state index contributed by atoms with van der Waals surface area (Å²) >= 11 is 0. The quantitative estimate of drug-likeness (QED) is 0.826. The molecule has 3 heteroatoms. The normalized spacial score (nSPS) is 15.2. The van der Waals surface area contributed by atoms with Crippen LogP contribution in [0, 0.1) is 0 Å². The molecule has 0 spiro atoms. The third kappa shape index (κ3) is 2.99. The van der Waals surface area contributed by atoms with E-state index in [1.807, 2.05) is 0 Å². The van der Waals surface area contributed by atoms with Crippen molar-refractivity contribution in [2.75, 3.05) is 20.3 Å². The zero-order valence-corrected chi connectivity index (χ0v) is 11.6. The summed E-state index contributed by atoms with van der Waals surface area (Å²) in [5.41, 5.74) is 2.76. The summed E-state index contributed by atoms with van der Waals surface area (Å²) in [6, 6.07) is 9.45. The molecule has 1 fully saturated rings. The Hall–Kier alpha value is -1.32. The van der Waals surface area contributed by atoms with Crippen LogP contribution < -0.4 is 5.32 Å². The molecule has 0 aliphatic heterocycles. The van der Waals surface area contributed by atoms with Crippen molar-refractivity contribution in [3.63, 3.8) is 0 Å². The molecule has 0 bridgehead atoms. The van der Waals surface area contributed by atoms with E-state index in [-0.39, 0.29) is 0 Å². The lowest BCUT2D eigenvalue weighted by Gasteiger charge is -2.03. The number of methoxy groups -OCH3 is 1. The molecule has 1 heterocycles. The Morgan fingerprint density at radius 3 is 2.95 bits per heavy atom. The lowest BCUT2D eigenvalue weighted by molar-refractivity contribution is 0.188. The van der Waals surface area contributed by atoms with Crippen LogP contribution in [0.1, 0.15) is 18.4 Å². The molecule has 0 amide bonds. The van der Waals surface area contributed by atoms with Crippen molar-refractivity contribution in [3.8, 4) is 0 Å². The smallest absolute Gasteiger partial charge is 0.0641 e. The highest BCUT2D eigenvalue weighted by molar-refractivity contribution is 5.84. The van der Waals surface area contributed by atoms with Gasteiger partial charge in [0.25, 0.3) is 0 Å². The number of para-hydroxylation sites is 1. The fraction of sp³-hybridized carbons (Fsp3) is 0.500. The molecule has 1 aliphatic carbocycles. The Morgan fingerprint density at radius 1 is 1.32 bits per heavy atom. The van der Waals surface area contributed by atoms with Gasteiger partial charge in [-0.05, 0) is 37.4 Å². The number of nitrogens with zero attached hydrogens (tertiary/aromatic N) is 1. The second-order valence-electron chi connectivity index (χ2n) is 5.34. The second kappa shape index (κ2) is 5.76. The van der Waals surface area contributed by atoms with Gasteiger partial charge in [0.15, 0.2) is 0 Å². The summed E-state index contributed by atoms with van der Waals surface area (Å²) in [6.45, 7) is 2.77. The third-order valence-corrected chi connectivity index (χ3v) is 3.81. The fourth-order valence-corrected chi connectivity index (χ4v) is 2.60. The van der Waals surface area contributed by atoms with E-state index in [2.05, 4.69) is 40.3 Å². The Labute approximate surface area is 114 Å². The molecule has 0 atom stereocenters. The van der Waals surface area contributed by atoms with E-state index in [1.165, 1.54) is 29.3 Å². The first-order valence-electron chi connectivity index (χ1n) is 7.17. The highest BCUT2D eigenvalue weighted by Crippen LogP contribution is 2.22. The van der Waals surface area contributed by atoms with E-state index in [1.54, 1.807) is 7.11 Å². The summed E-state index contributed by atoms with van der Waals surface area (Å²) in [7, 11) is 1.76. The van der Waals surface area contributed by atoms with Crippen molar-refractivity contribution in [1.82, 2.24) is 9.88 Å². The second-order valence-corrected chi connectivity index (χ2v) is 5.34. The van der Waals surface area contributed by atoms with Crippen molar-refractivity contribution in [1.29, 1.82) is 0 Å². The molecule has 1 aliphatic rings. The number of hydrogen-bond donors (Lipinski definition) is 1. The van der Waals surface area contributed by atoms with Gasteiger partial charge in [-0.3, -0.25) is 0 Å². The molecule has 1 aromatic heterocycles. The summed E-state index contributed by atoms with van der Waals surface area (Å²) in [4.78, 5) is 0. The van der Waals surface area contributed by atoms with Crippen LogP contribution in [0.3, 0.4) is 0 Å². The van der Waals surface area contributed by atoms with Gasteiger partial charge in [-0.15, -0.1) is 0 Å². The van der Waals surface area contributed by atoms with Crippen molar-refractivity contribution in [3.05, 3.63) is 36.0 Å². The molecule has 0 saturated heterocycles. The van der Waals surface area contributed by atoms with Gasteiger partial charge < -0.3 is 14.6 Å². The highest BCUT2D eigenvalue weighted by atomic mass is 16.5. The van der Waals surface area contributed by atoms with Gasteiger partial charge >= 0.3 is 0 Å². The molecule has 3 rings (SSSR count). The lowest BCUT2D eigenvalue weighted by atomic mass is 10.1. The molecule has 1 saturated carbocycles. The number of hydrogen-bond acceptors (Lipinski definition) is 2. The minimum atomic E-state index is 0.762. The standard InChI is InChI=1S/C16H22N2O/c1-19-11-10-18-12-13(8-9-17-14-6-7-14)15-4-2-3-5-16(15)18/h2-5,12,14,17H,6-11H2,1H3. The Bertz CT molecular complexity index is 543. The molecule has 3 nitrogen and oxygen atoms in total. The summed E-state index contributed by atoms with van der Waals surface area (Å²) in [5.74, 6) is 0. The number of nitrogens with one attached hydrogen (secondary N) is 1. The maximum absolute atomic E-state index is 5.19. The number of aromatic nitrogens is 1. The Morgan fingerprint density at radius 2 is 2.16 bits per heavy atom. The van der Waals surface area contributed by atoms with Crippen LogP contribution in [-0.2, 0) is 17.7 Å². The first-order chi connectivity index (χ1) is 9.38. The van der Waals surface area contributed by atoms with Crippen LogP contribution in [-0.4, -0.2) is 30.9 Å². The van der Waals surface area contributed by atoms with Crippen LogP contribution >= 0.6 is 0 Å². The number of fused-ring (bicyclic) bond motifs is 1. The number of benzene rings is 1. The first-order valence-corrected chi connectivity index (χ1v) is 7.17.